The van der Waals surface area contributed by atoms with E-state index in [-0.39, 0.29) is 17.9 Å². The van der Waals surface area contributed by atoms with Gasteiger partial charge < -0.3 is 16.0 Å². The molecule has 0 aliphatic heterocycles. The maximum Gasteiger partial charge on any atom is 0.229 e. The number of benzene rings is 1. The number of carbonyl (C=O) groups is 1. The highest BCUT2D eigenvalue weighted by atomic mass is 16.2. The van der Waals surface area contributed by atoms with Crippen molar-refractivity contribution in [2.24, 2.45) is 23.5 Å². The van der Waals surface area contributed by atoms with Crippen LogP contribution in [0.15, 0.2) is 18.2 Å². The van der Waals surface area contributed by atoms with Gasteiger partial charge in [-0.15, -0.1) is 0 Å². The Morgan fingerprint density at radius 2 is 2.05 bits per heavy atom. The molecular weight excluding hydrogens is 274 g/mol. The smallest absolute Gasteiger partial charge is 0.229 e. The van der Waals surface area contributed by atoms with Crippen molar-refractivity contribution in [2.75, 3.05) is 19.4 Å². The van der Waals surface area contributed by atoms with E-state index < -0.39 is 0 Å². The van der Waals surface area contributed by atoms with Crippen LogP contribution in [-0.2, 0) is 11.3 Å². The number of nitrogens with one attached hydrogen (secondary N) is 1. The monoisotopic (exact) mass is 301 g/mol. The first-order valence-electron chi connectivity index (χ1n) is 8.26. The Balaban J connectivity index is 1.73. The molecule has 1 aromatic carbocycles. The summed E-state index contributed by atoms with van der Waals surface area (Å²) in [6.07, 6.45) is 3.50. The van der Waals surface area contributed by atoms with Gasteiger partial charge in [0.25, 0.3) is 0 Å². The molecule has 2 saturated carbocycles. The van der Waals surface area contributed by atoms with E-state index in [4.69, 9.17) is 5.73 Å². The van der Waals surface area contributed by atoms with Gasteiger partial charge in [-0.3, -0.25) is 4.79 Å². The molecule has 4 unspecified atom stereocenters. The molecule has 22 heavy (non-hydrogen) atoms. The number of nitrogens with zero attached hydrogens (tertiary/aromatic N) is 1. The van der Waals surface area contributed by atoms with E-state index in [0.29, 0.717) is 11.8 Å². The third kappa shape index (κ3) is 2.90. The normalized spacial score (nSPS) is 30.0. The van der Waals surface area contributed by atoms with Crippen molar-refractivity contribution >= 4 is 11.6 Å². The van der Waals surface area contributed by atoms with Crippen molar-refractivity contribution in [3.8, 4) is 0 Å². The van der Waals surface area contributed by atoms with Crippen LogP contribution in [0, 0.1) is 24.7 Å². The zero-order valence-electron chi connectivity index (χ0n) is 13.8. The number of hydrogen-bond acceptors (Lipinski definition) is 3. The second-order valence-electron chi connectivity index (χ2n) is 7.31. The lowest BCUT2D eigenvalue weighted by Crippen LogP contribution is -2.42. The Hall–Kier alpha value is -1.39. The fourth-order valence-electron chi connectivity index (χ4n) is 4.21. The Morgan fingerprint density at radius 1 is 1.32 bits per heavy atom. The SMILES string of the molecule is Cc1ccc(CN(C)C)cc1NC(=O)C1C2CCC(C2)C1N. The zero-order chi connectivity index (χ0) is 15.9. The van der Waals surface area contributed by atoms with Crippen LogP contribution in [-0.4, -0.2) is 30.9 Å². The summed E-state index contributed by atoms with van der Waals surface area (Å²) in [4.78, 5) is 14.8. The van der Waals surface area contributed by atoms with Crippen LogP contribution in [0.25, 0.3) is 0 Å². The van der Waals surface area contributed by atoms with Crippen molar-refractivity contribution in [1.29, 1.82) is 0 Å². The molecule has 3 N–H and O–H groups in total. The third-order valence-electron chi connectivity index (χ3n) is 5.34. The van der Waals surface area contributed by atoms with Crippen molar-refractivity contribution in [3.63, 3.8) is 0 Å². The second-order valence-corrected chi connectivity index (χ2v) is 7.31. The molecule has 2 fully saturated rings. The van der Waals surface area contributed by atoms with E-state index in [1.807, 2.05) is 21.0 Å². The number of nitrogens with two attached hydrogens (primary N) is 1. The first-order valence-corrected chi connectivity index (χ1v) is 8.26. The van der Waals surface area contributed by atoms with Gasteiger partial charge in [0.2, 0.25) is 5.91 Å². The van der Waals surface area contributed by atoms with Crippen LogP contribution in [0.1, 0.15) is 30.4 Å². The fraction of sp³-hybridized carbons (Fsp3) is 0.611. The topological polar surface area (TPSA) is 58.4 Å². The summed E-state index contributed by atoms with van der Waals surface area (Å²) in [5, 5.41) is 3.14. The molecule has 3 rings (SSSR count). The highest BCUT2D eigenvalue weighted by Crippen LogP contribution is 2.48. The predicted octanol–water partition coefficient (Wildman–Crippen LogP) is 2.37. The molecule has 4 nitrogen and oxygen atoms in total. The minimum Gasteiger partial charge on any atom is -0.327 e. The zero-order valence-corrected chi connectivity index (χ0v) is 13.8. The van der Waals surface area contributed by atoms with E-state index in [0.717, 1.165) is 30.6 Å². The summed E-state index contributed by atoms with van der Waals surface area (Å²) in [5.74, 6) is 1.16. The summed E-state index contributed by atoms with van der Waals surface area (Å²) in [6.45, 7) is 2.91. The highest BCUT2D eigenvalue weighted by Gasteiger charge is 2.49. The van der Waals surface area contributed by atoms with Crippen LogP contribution >= 0.6 is 0 Å². The first-order chi connectivity index (χ1) is 10.5. The maximum absolute atomic E-state index is 12.7. The Labute approximate surface area is 133 Å². The van der Waals surface area contributed by atoms with Crippen molar-refractivity contribution < 1.29 is 4.79 Å². The van der Waals surface area contributed by atoms with Gasteiger partial charge in [-0.25, -0.2) is 0 Å². The molecule has 1 amide bonds. The van der Waals surface area contributed by atoms with Crippen molar-refractivity contribution in [1.82, 2.24) is 4.90 Å². The number of fused-ring (bicyclic) bond motifs is 2. The standard InChI is InChI=1S/C18H27N3O/c1-11-4-5-12(10-21(2)3)8-15(11)20-18(22)16-13-6-7-14(9-13)17(16)19/h4-5,8,13-14,16-17H,6-7,9-10,19H2,1-3H3,(H,20,22). The minimum absolute atomic E-state index is 0.00402. The Kier molecular flexibility index (Phi) is 4.24. The highest BCUT2D eigenvalue weighted by molar-refractivity contribution is 5.94. The average molecular weight is 301 g/mol. The van der Waals surface area contributed by atoms with Gasteiger partial charge in [0, 0.05) is 18.3 Å². The molecule has 0 heterocycles. The molecule has 120 valence electrons. The number of amides is 1. The van der Waals surface area contributed by atoms with Crippen molar-refractivity contribution in [3.05, 3.63) is 29.3 Å². The van der Waals surface area contributed by atoms with Gasteiger partial charge in [0.1, 0.15) is 0 Å². The number of anilines is 1. The summed E-state index contributed by atoms with van der Waals surface area (Å²) in [6, 6.07) is 6.33. The van der Waals surface area contributed by atoms with Gasteiger partial charge in [0.15, 0.2) is 0 Å². The van der Waals surface area contributed by atoms with Crippen LogP contribution in [0.2, 0.25) is 0 Å². The number of carbonyl (C=O) groups excluding carboxylic acids is 1. The van der Waals surface area contributed by atoms with Gasteiger partial charge in [-0.05, 0) is 69.3 Å². The predicted molar refractivity (Wildman–Crippen MR) is 89.5 cm³/mol. The molecule has 0 saturated heterocycles. The molecule has 0 aromatic heterocycles. The lowest BCUT2D eigenvalue weighted by Gasteiger charge is -2.27. The van der Waals surface area contributed by atoms with E-state index in [9.17, 15) is 4.79 Å². The first kappa shape index (κ1) is 15.5. The summed E-state index contributed by atoms with van der Waals surface area (Å²) >= 11 is 0. The number of rotatable bonds is 4. The molecule has 0 radical (unpaired) electrons. The lowest BCUT2D eigenvalue weighted by molar-refractivity contribution is -0.121. The average Bonchev–Trinajstić information content (AvgIpc) is 3.02. The summed E-state index contributed by atoms with van der Waals surface area (Å²) in [7, 11) is 4.10. The minimum atomic E-state index is -0.00402. The fourth-order valence-corrected chi connectivity index (χ4v) is 4.21. The quantitative estimate of drug-likeness (QED) is 0.897. The molecule has 2 bridgehead atoms. The molecule has 2 aliphatic rings. The molecular formula is C18H27N3O. The summed E-state index contributed by atoms with van der Waals surface area (Å²) < 4.78 is 0. The Bertz CT molecular complexity index is 567. The summed E-state index contributed by atoms with van der Waals surface area (Å²) in [5.41, 5.74) is 9.53. The molecule has 4 heteroatoms. The molecule has 0 spiro atoms. The van der Waals surface area contributed by atoms with Gasteiger partial charge in [0.05, 0.1) is 5.92 Å². The third-order valence-corrected chi connectivity index (χ3v) is 5.34. The number of hydrogen-bond donors (Lipinski definition) is 2. The van der Waals surface area contributed by atoms with Gasteiger partial charge in [-0.1, -0.05) is 12.1 Å². The van der Waals surface area contributed by atoms with Gasteiger partial charge in [-0.2, -0.15) is 0 Å². The van der Waals surface area contributed by atoms with E-state index in [2.05, 4.69) is 28.4 Å². The van der Waals surface area contributed by atoms with Crippen LogP contribution in [0.4, 0.5) is 5.69 Å². The van der Waals surface area contributed by atoms with E-state index in [1.54, 1.807) is 0 Å². The lowest BCUT2D eigenvalue weighted by atomic mass is 9.84. The Morgan fingerprint density at radius 3 is 2.68 bits per heavy atom. The second kappa shape index (κ2) is 6.01. The van der Waals surface area contributed by atoms with Crippen LogP contribution in [0.3, 0.4) is 0 Å². The van der Waals surface area contributed by atoms with Crippen molar-refractivity contribution in [2.45, 2.75) is 38.8 Å². The molecule has 2 aliphatic carbocycles. The van der Waals surface area contributed by atoms with E-state index in [1.165, 1.54) is 12.0 Å². The van der Waals surface area contributed by atoms with Gasteiger partial charge >= 0.3 is 0 Å². The van der Waals surface area contributed by atoms with Crippen LogP contribution < -0.4 is 11.1 Å². The largest absolute Gasteiger partial charge is 0.327 e. The maximum atomic E-state index is 12.7. The van der Waals surface area contributed by atoms with E-state index >= 15 is 0 Å². The molecule has 4 atom stereocenters. The van der Waals surface area contributed by atoms with Crippen LogP contribution in [0.5, 0.6) is 0 Å². The molecule has 1 aromatic rings. The number of aryl methyl sites for hydroxylation is 1.